The summed E-state index contributed by atoms with van der Waals surface area (Å²) in [5.41, 5.74) is 4.83. The summed E-state index contributed by atoms with van der Waals surface area (Å²) in [6.45, 7) is 6.84. The molecule has 0 unspecified atom stereocenters. The molecular weight excluding hydrogens is 220 g/mol. The molecule has 18 heavy (non-hydrogen) atoms. The lowest BCUT2D eigenvalue weighted by Crippen LogP contribution is -2.15. The van der Waals surface area contributed by atoms with Crippen molar-refractivity contribution in [1.29, 1.82) is 0 Å². The summed E-state index contributed by atoms with van der Waals surface area (Å²) in [6, 6.07) is 12.7. The van der Waals surface area contributed by atoms with Gasteiger partial charge in [0.2, 0.25) is 0 Å². The fourth-order valence-electron chi connectivity index (χ4n) is 2.50. The summed E-state index contributed by atoms with van der Waals surface area (Å²) in [5, 5.41) is 0. The van der Waals surface area contributed by atoms with Crippen LogP contribution in [0.1, 0.15) is 16.8 Å². The maximum Gasteiger partial charge on any atom is 0.133 e. The molecule has 1 aliphatic heterocycles. The first-order valence-corrected chi connectivity index (χ1v) is 6.25. The van der Waals surface area contributed by atoms with Gasteiger partial charge in [-0.15, -0.1) is 0 Å². The van der Waals surface area contributed by atoms with Gasteiger partial charge in [-0.1, -0.05) is 30.9 Å². The van der Waals surface area contributed by atoms with Gasteiger partial charge in [0.05, 0.1) is 0 Å². The summed E-state index contributed by atoms with van der Waals surface area (Å²) < 4.78 is 0. The minimum absolute atomic E-state index is 1.01. The number of hydrogen-bond donors (Lipinski definition) is 0. The van der Waals surface area contributed by atoms with Crippen molar-refractivity contribution in [2.24, 2.45) is 0 Å². The number of anilines is 2. The Balaban J connectivity index is 2.02. The van der Waals surface area contributed by atoms with Crippen molar-refractivity contribution in [2.75, 3.05) is 11.4 Å². The minimum atomic E-state index is 1.01. The molecule has 0 spiro atoms. The van der Waals surface area contributed by atoms with Gasteiger partial charge in [0.25, 0.3) is 0 Å². The topological polar surface area (TPSA) is 16.1 Å². The number of aryl methyl sites for hydroxylation is 1. The lowest BCUT2D eigenvalue weighted by molar-refractivity contribution is 0.966. The Kier molecular flexibility index (Phi) is 2.63. The minimum Gasteiger partial charge on any atom is -0.326 e. The smallest absolute Gasteiger partial charge is 0.133 e. The monoisotopic (exact) mass is 236 g/mol. The van der Waals surface area contributed by atoms with Crippen LogP contribution >= 0.6 is 0 Å². The highest BCUT2D eigenvalue weighted by molar-refractivity contribution is 5.68. The number of nitrogens with zero attached hydrogens (tertiary/aromatic N) is 2. The Morgan fingerprint density at radius 2 is 2.06 bits per heavy atom. The van der Waals surface area contributed by atoms with Crippen LogP contribution in [-0.2, 0) is 6.42 Å². The molecule has 2 heterocycles. The fraction of sp³-hybridized carbons (Fsp3) is 0.188. The predicted molar refractivity (Wildman–Crippen MR) is 76.2 cm³/mol. The summed E-state index contributed by atoms with van der Waals surface area (Å²) in [6.07, 6.45) is 2.95. The van der Waals surface area contributed by atoms with Crippen molar-refractivity contribution >= 4 is 17.6 Å². The van der Waals surface area contributed by atoms with Crippen molar-refractivity contribution in [3.8, 4) is 0 Å². The number of aromatic nitrogens is 1. The molecule has 0 amide bonds. The van der Waals surface area contributed by atoms with Gasteiger partial charge in [0, 0.05) is 17.9 Å². The second kappa shape index (κ2) is 4.30. The van der Waals surface area contributed by atoms with Gasteiger partial charge < -0.3 is 4.90 Å². The summed E-state index contributed by atoms with van der Waals surface area (Å²) in [4.78, 5) is 6.97. The van der Waals surface area contributed by atoms with Gasteiger partial charge in [-0.25, -0.2) is 4.98 Å². The van der Waals surface area contributed by atoms with Crippen molar-refractivity contribution in [2.45, 2.75) is 13.3 Å². The molecule has 0 atom stereocenters. The van der Waals surface area contributed by atoms with Crippen LogP contribution in [0, 0.1) is 6.92 Å². The third-order valence-electron chi connectivity index (χ3n) is 3.50. The molecule has 2 nitrogen and oxygen atoms in total. The Bertz CT molecular complexity index is 602. The number of hydrogen-bond acceptors (Lipinski definition) is 2. The third kappa shape index (κ3) is 1.70. The van der Waals surface area contributed by atoms with Gasteiger partial charge >= 0.3 is 0 Å². The highest BCUT2D eigenvalue weighted by Gasteiger charge is 2.20. The predicted octanol–water partition coefficient (Wildman–Crippen LogP) is 3.73. The molecular formula is C16H16N2. The molecule has 0 fully saturated rings. The lowest BCUT2D eigenvalue weighted by Gasteiger charge is -2.19. The lowest BCUT2D eigenvalue weighted by atomic mass is 10.2. The van der Waals surface area contributed by atoms with E-state index in [0.29, 0.717) is 0 Å². The first-order chi connectivity index (χ1) is 8.79. The molecule has 0 bridgehead atoms. The van der Waals surface area contributed by atoms with Crippen LogP contribution in [0.3, 0.4) is 0 Å². The molecule has 1 aliphatic rings. The molecule has 90 valence electrons. The molecule has 3 rings (SSSR count). The zero-order valence-corrected chi connectivity index (χ0v) is 10.6. The molecule has 1 aromatic heterocycles. The van der Waals surface area contributed by atoms with Crippen molar-refractivity contribution in [1.82, 2.24) is 4.98 Å². The second-order valence-electron chi connectivity index (χ2n) is 4.58. The SMILES string of the molecule is C=Cc1ccc(N2CCc3ccccc32)nc1C. The van der Waals surface area contributed by atoms with Gasteiger partial charge in [-0.3, -0.25) is 0 Å². The Morgan fingerprint density at radius 3 is 2.83 bits per heavy atom. The molecule has 0 N–H and O–H groups in total. The summed E-state index contributed by atoms with van der Waals surface area (Å²) >= 11 is 0. The van der Waals surface area contributed by atoms with Crippen LogP contribution in [0.4, 0.5) is 11.5 Å². The van der Waals surface area contributed by atoms with E-state index in [9.17, 15) is 0 Å². The number of benzene rings is 1. The highest BCUT2D eigenvalue weighted by atomic mass is 15.2. The van der Waals surface area contributed by atoms with Gasteiger partial charge in [-0.2, -0.15) is 0 Å². The Morgan fingerprint density at radius 1 is 1.22 bits per heavy atom. The van der Waals surface area contributed by atoms with E-state index >= 15 is 0 Å². The van der Waals surface area contributed by atoms with Crippen LogP contribution in [0.15, 0.2) is 43.0 Å². The highest BCUT2D eigenvalue weighted by Crippen LogP contribution is 2.33. The largest absolute Gasteiger partial charge is 0.326 e. The molecule has 0 saturated heterocycles. The van der Waals surface area contributed by atoms with Crippen molar-refractivity contribution < 1.29 is 0 Å². The number of pyridine rings is 1. The van der Waals surface area contributed by atoms with Gasteiger partial charge in [0.15, 0.2) is 0 Å². The zero-order valence-electron chi connectivity index (χ0n) is 10.6. The molecule has 0 radical (unpaired) electrons. The maximum atomic E-state index is 4.68. The number of rotatable bonds is 2. The van der Waals surface area contributed by atoms with Crippen molar-refractivity contribution in [3.63, 3.8) is 0 Å². The molecule has 2 aromatic rings. The van der Waals surface area contributed by atoms with E-state index in [2.05, 4.69) is 52.9 Å². The van der Waals surface area contributed by atoms with E-state index in [4.69, 9.17) is 0 Å². The number of para-hydroxylation sites is 1. The third-order valence-corrected chi connectivity index (χ3v) is 3.50. The van der Waals surface area contributed by atoms with Crippen LogP contribution < -0.4 is 4.90 Å². The first-order valence-electron chi connectivity index (χ1n) is 6.25. The van der Waals surface area contributed by atoms with E-state index in [1.165, 1.54) is 11.3 Å². The van der Waals surface area contributed by atoms with E-state index in [1.807, 2.05) is 13.0 Å². The molecule has 1 aromatic carbocycles. The average molecular weight is 236 g/mol. The van der Waals surface area contributed by atoms with E-state index in [0.717, 1.165) is 30.0 Å². The van der Waals surface area contributed by atoms with Crippen LogP contribution in [0.2, 0.25) is 0 Å². The molecule has 0 saturated carbocycles. The van der Waals surface area contributed by atoms with E-state index in [-0.39, 0.29) is 0 Å². The van der Waals surface area contributed by atoms with Gasteiger partial charge in [-0.05, 0) is 42.7 Å². The van der Waals surface area contributed by atoms with Crippen LogP contribution in [-0.4, -0.2) is 11.5 Å². The first kappa shape index (κ1) is 11.0. The van der Waals surface area contributed by atoms with Crippen LogP contribution in [0.25, 0.3) is 6.08 Å². The summed E-state index contributed by atoms with van der Waals surface area (Å²) in [7, 11) is 0. The standard InChI is InChI=1S/C16H16N2/c1-3-13-8-9-16(17-12(13)2)18-11-10-14-6-4-5-7-15(14)18/h3-9H,1,10-11H2,2H3. The van der Waals surface area contributed by atoms with E-state index < -0.39 is 0 Å². The Labute approximate surface area is 108 Å². The average Bonchev–Trinajstić information content (AvgIpc) is 2.82. The number of fused-ring (bicyclic) bond motifs is 1. The summed E-state index contributed by atoms with van der Waals surface area (Å²) in [5.74, 6) is 1.03. The zero-order chi connectivity index (χ0) is 12.5. The van der Waals surface area contributed by atoms with E-state index in [1.54, 1.807) is 0 Å². The molecule has 0 aliphatic carbocycles. The normalized spacial score (nSPS) is 13.5. The fourth-order valence-corrected chi connectivity index (χ4v) is 2.50. The Hall–Kier alpha value is -2.09. The van der Waals surface area contributed by atoms with Gasteiger partial charge in [0.1, 0.15) is 5.82 Å². The molecule has 2 heteroatoms. The van der Waals surface area contributed by atoms with Crippen LogP contribution in [0.5, 0.6) is 0 Å². The van der Waals surface area contributed by atoms with Crippen molar-refractivity contribution in [3.05, 3.63) is 59.8 Å². The second-order valence-corrected chi connectivity index (χ2v) is 4.58. The quantitative estimate of drug-likeness (QED) is 0.790. The maximum absolute atomic E-state index is 4.68.